The molecule has 0 amide bonds. The van der Waals surface area contributed by atoms with Gasteiger partial charge < -0.3 is 10.3 Å². The van der Waals surface area contributed by atoms with Crippen molar-refractivity contribution in [3.63, 3.8) is 0 Å². The minimum atomic E-state index is 0.298. The van der Waals surface area contributed by atoms with Gasteiger partial charge in [0.05, 0.1) is 18.1 Å². The Kier molecular flexibility index (Phi) is 4.37. The molecule has 1 aromatic rings. The van der Waals surface area contributed by atoms with Gasteiger partial charge in [0.1, 0.15) is 0 Å². The number of piperazine rings is 1. The molecule has 0 saturated carbocycles. The quantitative estimate of drug-likeness (QED) is 0.844. The molecule has 5 nitrogen and oxygen atoms in total. The van der Waals surface area contributed by atoms with Crippen LogP contribution < -0.4 is 5.73 Å². The van der Waals surface area contributed by atoms with Crippen molar-refractivity contribution in [3.8, 4) is 0 Å². The number of hydrogen-bond donors (Lipinski definition) is 1. The van der Waals surface area contributed by atoms with E-state index >= 15 is 0 Å². The second-order valence-corrected chi connectivity index (χ2v) is 5.35. The lowest BCUT2D eigenvalue weighted by Crippen LogP contribution is -2.51. The van der Waals surface area contributed by atoms with Crippen LogP contribution in [0.5, 0.6) is 0 Å². The molecule has 0 bridgehead atoms. The maximum Gasteiger partial charge on any atom is 0.0946 e. The summed E-state index contributed by atoms with van der Waals surface area (Å²) in [5, 5.41) is 0. The summed E-state index contributed by atoms with van der Waals surface area (Å²) in [4.78, 5) is 9.20. The van der Waals surface area contributed by atoms with E-state index in [-0.39, 0.29) is 0 Å². The van der Waals surface area contributed by atoms with Crippen LogP contribution in [0.25, 0.3) is 0 Å². The van der Waals surface area contributed by atoms with Crippen molar-refractivity contribution in [2.45, 2.75) is 25.9 Å². The van der Waals surface area contributed by atoms with Gasteiger partial charge in [0.15, 0.2) is 0 Å². The number of imidazole rings is 1. The third kappa shape index (κ3) is 2.74. The topological polar surface area (TPSA) is 50.3 Å². The van der Waals surface area contributed by atoms with E-state index in [1.807, 2.05) is 19.6 Å². The number of nitrogens with two attached hydrogens (primary N) is 1. The third-order valence-corrected chi connectivity index (χ3v) is 3.94. The molecule has 2 heterocycles. The average Bonchev–Trinajstić information content (AvgIpc) is 2.78. The third-order valence-electron chi connectivity index (χ3n) is 3.94. The average molecular weight is 251 g/mol. The Morgan fingerprint density at radius 2 is 1.83 bits per heavy atom. The van der Waals surface area contributed by atoms with E-state index < -0.39 is 0 Å². The molecule has 1 aliphatic heterocycles. The standard InChI is InChI=1S/C13H25N5/c1-11(2)17-4-6-18(7-5-17)12(8-14)13-9-15-10-16(13)3/h9-12H,4-8,14H2,1-3H3. The summed E-state index contributed by atoms with van der Waals surface area (Å²) in [6.07, 6.45) is 3.79. The number of rotatable bonds is 4. The van der Waals surface area contributed by atoms with Crippen LogP contribution >= 0.6 is 0 Å². The zero-order chi connectivity index (χ0) is 13.1. The minimum absolute atomic E-state index is 0.298. The molecule has 102 valence electrons. The normalized spacial score (nSPS) is 20.5. The van der Waals surface area contributed by atoms with E-state index in [4.69, 9.17) is 5.73 Å². The Morgan fingerprint density at radius 3 is 2.28 bits per heavy atom. The number of nitrogens with zero attached hydrogens (tertiary/aromatic N) is 4. The first-order valence-electron chi connectivity index (χ1n) is 6.78. The number of aromatic nitrogens is 2. The summed E-state index contributed by atoms with van der Waals surface area (Å²) in [7, 11) is 2.04. The number of hydrogen-bond acceptors (Lipinski definition) is 4. The molecule has 2 rings (SSSR count). The summed E-state index contributed by atoms with van der Waals surface area (Å²) in [5.41, 5.74) is 7.18. The van der Waals surface area contributed by atoms with Crippen molar-refractivity contribution in [1.29, 1.82) is 0 Å². The molecule has 2 N–H and O–H groups in total. The van der Waals surface area contributed by atoms with Gasteiger partial charge in [-0.15, -0.1) is 0 Å². The van der Waals surface area contributed by atoms with Gasteiger partial charge in [0.25, 0.3) is 0 Å². The van der Waals surface area contributed by atoms with Crippen LogP contribution in [-0.2, 0) is 7.05 Å². The van der Waals surface area contributed by atoms with Crippen molar-refractivity contribution in [1.82, 2.24) is 19.4 Å². The summed E-state index contributed by atoms with van der Waals surface area (Å²) >= 11 is 0. The van der Waals surface area contributed by atoms with Gasteiger partial charge in [0.2, 0.25) is 0 Å². The first-order valence-corrected chi connectivity index (χ1v) is 6.78. The molecule has 1 atom stereocenters. The molecule has 1 aromatic heterocycles. The summed E-state index contributed by atoms with van der Waals surface area (Å²) in [6, 6.07) is 0.937. The molecule has 0 radical (unpaired) electrons. The lowest BCUT2D eigenvalue weighted by atomic mass is 10.1. The van der Waals surface area contributed by atoms with Gasteiger partial charge in [-0.2, -0.15) is 0 Å². The van der Waals surface area contributed by atoms with Crippen molar-refractivity contribution < 1.29 is 0 Å². The van der Waals surface area contributed by atoms with Crippen LogP contribution in [0, 0.1) is 0 Å². The molecule has 1 aliphatic rings. The first kappa shape index (κ1) is 13.5. The highest BCUT2D eigenvalue weighted by Crippen LogP contribution is 2.20. The lowest BCUT2D eigenvalue weighted by molar-refractivity contribution is 0.0780. The van der Waals surface area contributed by atoms with E-state index in [2.05, 4.69) is 33.2 Å². The summed E-state index contributed by atoms with van der Waals surface area (Å²) in [5.74, 6) is 0. The summed E-state index contributed by atoms with van der Waals surface area (Å²) in [6.45, 7) is 9.62. The second-order valence-electron chi connectivity index (χ2n) is 5.35. The van der Waals surface area contributed by atoms with Gasteiger partial charge in [-0.25, -0.2) is 4.98 Å². The first-order chi connectivity index (χ1) is 8.63. The fourth-order valence-electron chi connectivity index (χ4n) is 2.71. The van der Waals surface area contributed by atoms with E-state index in [9.17, 15) is 0 Å². The Balaban J connectivity index is 2.01. The van der Waals surface area contributed by atoms with Gasteiger partial charge >= 0.3 is 0 Å². The zero-order valence-corrected chi connectivity index (χ0v) is 11.7. The fraction of sp³-hybridized carbons (Fsp3) is 0.769. The highest BCUT2D eigenvalue weighted by atomic mass is 15.3. The highest BCUT2D eigenvalue weighted by Gasteiger charge is 2.26. The maximum absolute atomic E-state index is 5.96. The Morgan fingerprint density at radius 1 is 1.22 bits per heavy atom. The van der Waals surface area contributed by atoms with E-state index in [0.29, 0.717) is 18.6 Å². The van der Waals surface area contributed by atoms with Crippen LogP contribution in [0.1, 0.15) is 25.6 Å². The van der Waals surface area contributed by atoms with Crippen molar-refractivity contribution in [2.24, 2.45) is 12.8 Å². The van der Waals surface area contributed by atoms with Gasteiger partial charge in [-0.3, -0.25) is 9.80 Å². The van der Waals surface area contributed by atoms with E-state index in [1.165, 1.54) is 5.69 Å². The smallest absolute Gasteiger partial charge is 0.0946 e. The van der Waals surface area contributed by atoms with Crippen molar-refractivity contribution in [2.75, 3.05) is 32.7 Å². The molecule has 18 heavy (non-hydrogen) atoms. The number of aryl methyl sites for hydroxylation is 1. The van der Waals surface area contributed by atoms with Crippen LogP contribution in [0.15, 0.2) is 12.5 Å². The Hall–Kier alpha value is -0.910. The second kappa shape index (κ2) is 5.82. The van der Waals surface area contributed by atoms with Gasteiger partial charge in [-0.1, -0.05) is 0 Å². The molecule has 1 saturated heterocycles. The van der Waals surface area contributed by atoms with E-state index in [0.717, 1.165) is 26.2 Å². The van der Waals surface area contributed by atoms with Crippen LogP contribution in [0.4, 0.5) is 0 Å². The van der Waals surface area contributed by atoms with Crippen molar-refractivity contribution >= 4 is 0 Å². The predicted molar refractivity (Wildman–Crippen MR) is 73.3 cm³/mol. The molecule has 0 aromatic carbocycles. The van der Waals surface area contributed by atoms with Crippen molar-refractivity contribution in [3.05, 3.63) is 18.2 Å². The van der Waals surface area contributed by atoms with Crippen LogP contribution in [-0.4, -0.2) is 58.1 Å². The van der Waals surface area contributed by atoms with Gasteiger partial charge in [-0.05, 0) is 13.8 Å². The van der Waals surface area contributed by atoms with E-state index in [1.54, 1.807) is 0 Å². The molecular weight excluding hydrogens is 226 g/mol. The molecular formula is C13H25N5. The molecule has 5 heteroatoms. The maximum atomic E-state index is 5.96. The monoisotopic (exact) mass is 251 g/mol. The minimum Gasteiger partial charge on any atom is -0.336 e. The van der Waals surface area contributed by atoms with Crippen LogP contribution in [0.2, 0.25) is 0 Å². The highest BCUT2D eigenvalue weighted by molar-refractivity contribution is 5.06. The molecule has 1 fully saturated rings. The predicted octanol–water partition coefficient (Wildman–Crippen LogP) is 0.446. The molecule has 0 spiro atoms. The Labute approximate surface area is 110 Å². The zero-order valence-electron chi connectivity index (χ0n) is 11.7. The molecule has 0 aliphatic carbocycles. The van der Waals surface area contributed by atoms with Crippen LogP contribution in [0.3, 0.4) is 0 Å². The molecule has 1 unspecified atom stereocenters. The SMILES string of the molecule is CC(C)N1CCN(C(CN)c2cncn2C)CC1. The fourth-order valence-corrected chi connectivity index (χ4v) is 2.71. The largest absolute Gasteiger partial charge is 0.336 e. The van der Waals surface area contributed by atoms with Gasteiger partial charge in [0, 0.05) is 52.0 Å². The lowest BCUT2D eigenvalue weighted by Gasteiger charge is -2.40. The Bertz CT molecular complexity index is 365. The summed E-state index contributed by atoms with van der Waals surface area (Å²) < 4.78 is 2.08.